The molecule has 86 valence electrons. The normalized spacial score (nSPS) is 13.2. The molecule has 1 atom stereocenters. The summed E-state index contributed by atoms with van der Waals surface area (Å²) in [5, 5.41) is 0.985. The van der Waals surface area contributed by atoms with Crippen molar-refractivity contribution in [3.05, 3.63) is 5.82 Å². The third-order valence-corrected chi connectivity index (χ3v) is 3.11. The summed E-state index contributed by atoms with van der Waals surface area (Å²) in [5.74, 6) is 1.82. The Hall–Kier alpha value is -0.680. The number of nitrogens with zero attached hydrogens (tertiary/aromatic N) is 3. The van der Waals surface area contributed by atoms with E-state index in [1.807, 2.05) is 7.05 Å². The summed E-state index contributed by atoms with van der Waals surface area (Å²) in [6, 6.07) is 0. The molecule has 1 aromatic rings. The van der Waals surface area contributed by atoms with Crippen molar-refractivity contribution in [1.29, 1.82) is 0 Å². The van der Waals surface area contributed by atoms with Crippen LogP contribution in [0.3, 0.4) is 0 Å². The smallest absolute Gasteiger partial charge is 0.204 e. The van der Waals surface area contributed by atoms with E-state index < -0.39 is 0 Å². The van der Waals surface area contributed by atoms with Gasteiger partial charge in [-0.15, -0.1) is 0 Å². The van der Waals surface area contributed by atoms with E-state index in [1.54, 1.807) is 0 Å². The standard InChI is InChI=1S/C10H20N4S/c1-7(2)9-12-10(15-13-9)14(4)6-8(3)5-11/h7-8H,5-6,11H2,1-4H3. The van der Waals surface area contributed by atoms with Crippen LogP contribution in [0.1, 0.15) is 32.5 Å². The second kappa shape index (κ2) is 5.42. The highest BCUT2D eigenvalue weighted by Crippen LogP contribution is 2.20. The SMILES string of the molecule is CC(CN)CN(C)c1nc(C(C)C)ns1. The van der Waals surface area contributed by atoms with Crippen LogP contribution in [0.2, 0.25) is 0 Å². The van der Waals surface area contributed by atoms with Gasteiger partial charge >= 0.3 is 0 Å². The van der Waals surface area contributed by atoms with Gasteiger partial charge in [-0.2, -0.15) is 4.37 Å². The van der Waals surface area contributed by atoms with E-state index in [-0.39, 0.29) is 0 Å². The van der Waals surface area contributed by atoms with Gasteiger partial charge < -0.3 is 10.6 Å². The third kappa shape index (κ3) is 3.43. The van der Waals surface area contributed by atoms with Crippen LogP contribution >= 0.6 is 11.5 Å². The van der Waals surface area contributed by atoms with Crippen LogP contribution in [0.4, 0.5) is 5.13 Å². The minimum absolute atomic E-state index is 0.398. The number of aromatic nitrogens is 2. The van der Waals surface area contributed by atoms with Gasteiger partial charge in [0.25, 0.3) is 0 Å². The lowest BCUT2D eigenvalue weighted by Crippen LogP contribution is -2.28. The zero-order valence-electron chi connectivity index (χ0n) is 9.90. The maximum Gasteiger partial charge on any atom is 0.204 e. The van der Waals surface area contributed by atoms with Gasteiger partial charge in [0.05, 0.1) is 0 Å². The molecular formula is C10H20N4S. The number of anilines is 1. The maximum absolute atomic E-state index is 5.59. The number of hydrogen-bond donors (Lipinski definition) is 1. The van der Waals surface area contributed by atoms with Crippen molar-refractivity contribution in [2.75, 3.05) is 25.0 Å². The van der Waals surface area contributed by atoms with Crippen LogP contribution in [0.25, 0.3) is 0 Å². The van der Waals surface area contributed by atoms with Gasteiger partial charge in [0.15, 0.2) is 0 Å². The van der Waals surface area contributed by atoms with Gasteiger partial charge in [-0.3, -0.25) is 0 Å². The summed E-state index contributed by atoms with van der Waals surface area (Å²) in [6.45, 7) is 7.99. The van der Waals surface area contributed by atoms with Crippen molar-refractivity contribution in [2.45, 2.75) is 26.7 Å². The Bertz CT molecular complexity index is 297. The molecule has 2 N–H and O–H groups in total. The van der Waals surface area contributed by atoms with E-state index >= 15 is 0 Å². The summed E-state index contributed by atoms with van der Waals surface area (Å²) in [5.41, 5.74) is 5.59. The molecule has 0 bridgehead atoms. The highest BCUT2D eigenvalue weighted by atomic mass is 32.1. The summed E-state index contributed by atoms with van der Waals surface area (Å²) >= 11 is 1.46. The summed E-state index contributed by atoms with van der Waals surface area (Å²) in [6.07, 6.45) is 0. The maximum atomic E-state index is 5.59. The Kier molecular flexibility index (Phi) is 4.47. The van der Waals surface area contributed by atoms with Crippen molar-refractivity contribution in [3.63, 3.8) is 0 Å². The Morgan fingerprint density at radius 2 is 2.07 bits per heavy atom. The van der Waals surface area contributed by atoms with Crippen molar-refractivity contribution in [2.24, 2.45) is 11.7 Å². The minimum atomic E-state index is 0.398. The molecule has 1 heterocycles. The van der Waals surface area contributed by atoms with Gasteiger partial charge in [-0.1, -0.05) is 20.8 Å². The van der Waals surface area contributed by atoms with Gasteiger partial charge in [0, 0.05) is 31.0 Å². The molecule has 1 aromatic heterocycles. The molecule has 0 spiro atoms. The fraction of sp³-hybridized carbons (Fsp3) is 0.800. The molecular weight excluding hydrogens is 208 g/mol. The zero-order valence-corrected chi connectivity index (χ0v) is 10.7. The van der Waals surface area contributed by atoms with Crippen LogP contribution in [-0.4, -0.2) is 29.5 Å². The molecule has 1 rings (SSSR count). The second-order valence-corrected chi connectivity index (χ2v) is 5.04. The largest absolute Gasteiger partial charge is 0.350 e. The van der Waals surface area contributed by atoms with Crippen LogP contribution in [0, 0.1) is 5.92 Å². The van der Waals surface area contributed by atoms with Crippen molar-refractivity contribution < 1.29 is 0 Å². The molecule has 1 unspecified atom stereocenters. The minimum Gasteiger partial charge on any atom is -0.350 e. The van der Waals surface area contributed by atoms with Crippen LogP contribution in [0.5, 0.6) is 0 Å². The number of hydrogen-bond acceptors (Lipinski definition) is 5. The predicted octanol–water partition coefficient (Wildman–Crippen LogP) is 1.69. The Morgan fingerprint density at radius 1 is 1.40 bits per heavy atom. The topological polar surface area (TPSA) is 55.0 Å². The van der Waals surface area contributed by atoms with E-state index in [1.165, 1.54) is 11.5 Å². The average molecular weight is 228 g/mol. The predicted molar refractivity (Wildman–Crippen MR) is 65.5 cm³/mol. The quantitative estimate of drug-likeness (QED) is 0.833. The zero-order chi connectivity index (χ0) is 11.4. The molecule has 0 aromatic carbocycles. The molecule has 0 saturated heterocycles. The lowest BCUT2D eigenvalue weighted by molar-refractivity contribution is 0.589. The summed E-state index contributed by atoms with van der Waals surface area (Å²) < 4.78 is 4.33. The lowest BCUT2D eigenvalue weighted by atomic mass is 10.2. The van der Waals surface area contributed by atoms with Crippen molar-refractivity contribution >= 4 is 16.7 Å². The molecule has 0 amide bonds. The van der Waals surface area contributed by atoms with Crippen LogP contribution in [0.15, 0.2) is 0 Å². The summed E-state index contributed by atoms with van der Waals surface area (Å²) in [4.78, 5) is 6.62. The molecule has 0 aliphatic carbocycles. The molecule has 0 saturated carbocycles. The monoisotopic (exact) mass is 228 g/mol. The van der Waals surface area contributed by atoms with Crippen LogP contribution in [-0.2, 0) is 0 Å². The van der Waals surface area contributed by atoms with E-state index in [0.717, 1.165) is 17.5 Å². The van der Waals surface area contributed by atoms with Gasteiger partial charge in [-0.05, 0) is 12.5 Å². The Labute approximate surface area is 95.7 Å². The molecule has 5 heteroatoms. The summed E-state index contributed by atoms with van der Waals surface area (Å²) in [7, 11) is 2.04. The highest BCUT2D eigenvalue weighted by molar-refractivity contribution is 7.09. The van der Waals surface area contributed by atoms with Gasteiger partial charge in [-0.25, -0.2) is 4.98 Å². The fourth-order valence-corrected chi connectivity index (χ4v) is 2.01. The van der Waals surface area contributed by atoms with E-state index in [9.17, 15) is 0 Å². The number of rotatable bonds is 5. The number of nitrogens with two attached hydrogens (primary N) is 1. The van der Waals surface area contributed by atoms with Gasteiger partial charge in [0.1, 0.15) is 5.82 Å². The van der Waals surface area contributed by atoms with Crippen molar-refractivity contribution in [1.82, 2.24) is 9.36 Å². The van der Waals surface area contributed by atoms with Crippen LogP contribution < -0.4 is 10.6 Å². The fourth-order valence-electron chi connectivity index (χ4n) is 1.24. The molecule has 4 nitrogen and oxygen atoms in total. The van der Waals surface area contributed by atoms with E-state index in [0.29, 0.717) is 18.4 Å². The lowest BCUT2D eigenvalue weighted by Gasteiger charge is -2.18. The third-order valence-electron chi connectivity index (χ3n) is 2.26. The first-order valence-electron chi connectivity index (χ1n) is 5.29. The van der Waals surface area contributed by atoms with E-state index in [2.05, 4.69) is 35.0 Å². The molecule has 0 fully saturated rings. The Morgan fingerprint density at radius 3 is 2.53 bits per heavy atom. The molecule has 15 heavy (non-hydrogen) atoms. The first kappa shape index (κ1) is 12.4. The molecule has 0 aliphatic heterocycles. The first-order valence-corrected chi connectivity index (χ1v) is 6.06. The van der Waals surface area contributed by atoms with Gasteiger partial charge in [0.2, 0.25) is 5.13 Å². The first-order chi connectivity index (χ1) is 7.04. The second-order valence-electron chi connectivity index (χ2n) is 4.31. The molecule has 0 aliphatic rings. The highest BCUT2D eigenvalue weighted by Gasteiger charge is 2.12. The molecule has 0 radical (unpaired) electrons. The average Bonchev–Trinajstić information content (AvgIpc) is 2.66. The van der Waals surface area contributed by atoms with E-state index in [4.69, 9.17) is 5.73 Å². The Balaban J connectivity index is 2.61. The van der Waals surface area contributed by atoms with Crippen molar-refractivity contribution in [3.8, 4) is 0 Å².